The maximum atomic E-state index is 3.56. The minimum atomic E-state index is 0.590. The van der Waals surface area contributed by atoms with Crippen molar-refractivity contribution >= 4 is 11.3 Å². The van der Waals surface area contributed by atoms with Gasteiger partial charge in [-0.05, 0) is 38.1 Å². The summed E-state index contributed by atoms with van der Waals surface area (Å²) < 4.78 is 0. The van der Waals surface area contributed by atoms with E-state index in [1.165, 1.54) is 11.4 Å². The molecule has 0 saturated heterocycles. The zero-order valence-corrected chi connectivity index (χ0v) is 13.3. The van der Waals surface area contributed by atoms with Gasteiger partial charge in [-0.3, -0.25) is 4.90 Å². The van der Waals surface area contributed by atoms with Crippen LogP contribution in [0.1, 0.15) is 39.5 Å². The molecule has 0 saturated carbocycles. The summed E-state index contributed by atoms with van der Waals surface area (Å²) in [6.07, 6.45) is 0. The Hall–Kier alpha value is -0.380. The third-order valence-corrected chi connectivity index (χ3v) is 4.00. The maximum absolute atomic E-state index is 3.56. The van der Waals surface area contributed by atoms with Gasteiger partial charge in [-0.2, -0.15) is 0 Å². The standard InChI is InChI=1S/C15H28N2S/c1-12(2)11-17(13(3)4)14(5)9-16-10-15-7-6-8-18-15/h6-8,12-14,16H,9-11H2,1-5H3. The Balaban J connectivity index is 2.34. The maximum Gasteiger partial charge on any atom is 0.0300 e. The number of hydrogen-bond acceptors (Lipinski definition) is 3. The quantitative estimate of drug-likeness (QED) is 0.775. The molecule has 3 heteroatoms. The zero-order chi connectivity index (χ0) is 13.5. The average molecular weight is 268 g/mol. The van der Waals surface area contributed by atoms with Gasteiger partial charge in [0.25, 0.3) is 0 Å². The van der Waals surface area contributed by atoms with E-state index in [0.29, 0.717) is 12.1 Å². The first-order valence-corrected chi connectivity index (χ1v) is 7.87. The molecule has 0 aromatic carbocycles. The molecule has 0 spiro atoms. The summed E-state index contributed by atoms with van der Waals surface area (Å²) >= 11 is 1.82. The highest BCUT2D eigenvalue weighted by Gasteiger charge is 2.17. The van der Waals surface area contributed by atoms with Crippen LogP contribution in [0.15, 0.2) is 17.5 Å². The normalized spacial score (nSPS) is 13.8. The molecule has 104 valence electrons. The lowest BCUT2D eigenvalue weighted by Gasteiger charge is -2.34. The van der Waals surface area contributed by atoms with Crippen molar-refractivity contribution in [2.75, 3.05) is 13.1 Å². The SMILES string of the molecule is CC(C)CN(C(C)C)C(C)CNCc1cccs1. The lowest BCUT2D eigenvalue weighted by atomic mass is 10.1. The van der Waals surface area contributed by atoms with E-state index in [1.54, 1.807) is 0 Å². The first kappa shape index (κ1) is 15.7. The van der Waals surface area contributed by atoms with Crippen molar-refractivity contribution in [2.24, 2.45) is 5.92 Å². The van der Waals surface area contributed by atoms with E-state index in [0.717, 1.165) is 19.0 Å². The molecule has 0 aliphatic rings. The number of thiophene rings is 1. The molecule has 0 aliphatic heterocycles. The Labute approximate surface area is 116 Å². The fourth-order valence-corrected chi connectivity index (χ4v) is 2.93. The van der Waals surface area contributed by atoms with Crippen molar-refractivity contribution < 1.29 is 0 Å². The molecule has 0 bridgehead atoms. The molecule has 0 amide bonds. The Morgan fingerprint density at radius 1 is 1.22 bits per heavy atom. The third-order valence-electron chi connectivity index (χ3n) is 3.12. The summed E-state index contributed by atoms with van der Waals surface area (Å²) in [6.45, 7) is 14.7. The van der Waals surface area contributed by atoms with Crippen LogP contribution >= 0.6 is 11.3 Å². The second-order valence-corrected chi connectivity index (χ2v) is 6.78. The first-order chi connectivity index (χ1) is 8.50. The number of rotatable bonds is 8. The number of hydrogen-bond donors (Lipinski definition) is 1. The summed E-state index contributed by atoms with van der Waals surface area (Å²) in [5.41, 5.74) is 0. The van der Waals surface area contributed by atoms with Gasteiger partial charge in [-0.15, -0.1) is 11.3 Å². The van der Waals surface area contributed by atoms with Gasteiger partial charge in [-0.25, -0.2) is 0 Å². The molecule has 1 N–H and O–H groups in total. The lowest BCUT2D eigenvalue weighted by Crippen LogP contribution is -2.45. The van der Waals surface area contributed by atoms with Crippen molar-refractivity contribution in [3.05, 3.63) is 22.4 Å². The van der Waals surface area contributed by atoms with Gasteiger partial charge in [0, 0.05) is 36.6 Å². The van der Waals surface area contributed by atoms with Crippen LogP contribution in [0.4, 0.5) is 0 Å². The smallest absolute Gasteiger partial charge is 0.0300 e. The minimum Gasteiger partial charge on any atom is -0.310 e. The Bertz CT molecular complexity index is 306. The summed E-state index contributed by atoms with van der Waals surface area (Å²) in [7, 11) is 0. The van der Waals surface area contributed by atoms with Crippen molar-refractivity contribution in [2.45, 2.75) is 53.2 Å². The van der Waals surface area contributed by atoms with Crippen LogP contribution in [0.5, 0.6) is 0 Å². The highest BCUT2D eigenvalue weighted by atomic mass is 32.1. The molecule has 0 fully saturated rings. The topological polar surface area (TPSA) is 15.3 Å². The summed E-state index contributed by atoms with van der Waals surface area (Å²) in [4.78, 5) is 4.01. The van der Waals surface area contributed by atoms with Gasteiger partial charge < -0.3 is 5.32 Å². The highest BCUT2D eigenvalue weighted by Crippen LogP contribution is 2.10. The second-order valence-electron chi connectivity index (χ2n) is 5.74. The molecule has 1 heterocycles. The summed E-state index contributed by atoms with van der Waals surface area (Å²) in [6, 6.07) is 5.51. The van der Waals surface area contributed by atoms with Gasteiger partial charge in [0.15, 0.2) is 0 Å². The minimum absolute atomic E-state index is 0.590. The molecule has 1 aromatic heterocycles. The molecular formula is C15H28N2S. The van der Waals surface area contributed by atoms with Crippen molar-refractivity contribution in [1.82, 2.24) is 10.2 Å². The Morgan fingerprint density at radius 3 is 2.44 bits per heavy atom. The molecule has 1 aromatic rings. The molecule has 1 unspecified atom stereocenters. The number of nitrogens with one attached hydrogen (secondary N) is 1. The molecular weight excluding hydrogens is 240 g/mol. The van der Waals surface area contributed by atoms with Crippen molar-refractivity contribution in [3.8, 4) is 0 Å². The van der Waals surface area contributed by atoms with Crippen LogP contribution in [-0.2, 0) is 6.54 Å². The largest absolute Gasteiger partial charge is 0.310 e. The molecule has 18 heavy (non-hydrogen) atoms. The second kappa shape index (κ2) is 7.93. The summed E-state index contributed by atoms with van der Waals surface area (Å²) in [5, 5.41) is 5.70. The van der Waals surface area contributed by atoms with Crippen molar-refractivity contribution in [3.63, 3.8) is 0 Å². The average Bonchev–Trinajstić information content (AvgIpc) is 2.78. The van der Waals surface area contributed by atoms with E-state index in [2.05, 4.69) is 62.3 Å². The molecule has 2 nitrogen and oxygen atoms in total. The van der Waals surface area contributed by atoms with E-state index in [1.807, 2.05) is 11.3 Å². The van der Waals surface area contributed by atoms with E-state index in [4.69, 9.17) is 0 Å². The fraction of sp³-hybridized carbons (Fsp3) is 0.733. The Kier molecular flexibility index (Phi) is 6.90. The van der Waals surface area contributed by atoms with Gasteiger partial charge in [0.2, 0.25) is 0 Å². The van der Waals surface area contributed by atoms with Crippen LogP contribution in [0.25, 0.3) is 0 Å². The van der Waals surface area contributed by atoms with Crippen LogP contribution in [0, 0.1) is 5.92 Å². The highest BCUT2D eigenvalue weighted by molar-refractivity contribution is 7.09. The lowest BCUT2D eigenvalue weighted by molar-refractivity contribution is 0.142. The molecule has 1 atom stereocenters. The van der Waals surface area contributed by atoms with Crippen LogP contribution in [-0.4, -0.2) is 30.1 Å². The van der Waals surface area contributed by atoms with Gasteiger partial charge in [0.05, 0.1) is 0 Å². The monoisotopic (exact) mass is 268 g/mol. The predicted octanol–water partition coefficient (Wildman–Crippen LogP) is 3.59. The Morgan fingerprint density at radius 2 is 1.94 bits per heavy atom. The van der Waals surface area contributed by atoms with Gasteiger partial charge in [-0.1, -0.05) is 19.9 Å². The summed E-state index contributed by atoms with van der Waals surface area (Å²) in [5.74, 6) is 0.729. The predicted molar refractivity (Wildman–Crippen MR) is 82.2 cm³/mol. The first-order valence-electron chi connectivity index (χ1n) is 6.99. The zero-order valence-electron chi connectivity index (χ0n) is 12.4. The molecule has 0 aliphatic carbocycles. The molecule has 0 radical (unpaired) electrons. The van der Waals surface area contributed by atoms with Gasteiger partial charge in [0.1, 0.15) is 0 Å². The van der Waals surface area contributed by atoms with Crippen LogP contribution in [0.3, 0.4) is 0 Å². The van der Waals surface area contributed by atoms with E-state index in [-0.39, 0.29) is 0 Å². The van der Waals surface area contributed by atoms with E-state index >= 15 is 0 Å². The third kappa shape index (κ3) is 5.51. The van der Waals surface area contributed by atoms with Crippen LogP contribution in [0.2, 0.25) is 0 Å². The van der Waals surface area contributed by atoms with E-state index < -0.39 is 0 Å². The van der Waals surface area contributed by atoms with E-state index in [9.17, 15) is 0 Å². The van der Waals surface area contributed by atoms with Crippen LogP contribution < -0.4 is 5.32 Å². The molecule has 1 rings (SSSR count). The van der Waals surface area contributed by atoms with Crippen molar-refractivity contribution in [1.29, 1.82) is 0 Å². The van der Waals surface area contributed by atoms with Gasteiger partial charge >= 0.3 is 0 Å². The fourth-order valence-electron chi connectivity index (χ4n) is 2.26. The number of nitrogens with zero attached hydrogens (tertiary/aromatic N) is 1.